The molecule has 1 aromatic carbocycles. The zero-order valence-electron chi connectivity index (χ0n) is 7.10. The summed E-state index contributed by atoms with van der Waals surface area (Å²) in [6, 6.07) is 3.15. The van der Waals surface area contributed by atoms with Crippen LogP contribution in [0.15, 0.2) is 31.9 Å². The van der Waals surface area contributed by atoms with E-state index in [9.17, 15) is 9.18 Å². The highest BCUT2D eigenvalue weighted by Gasteiger charge is 2.16. The Labute approximate surface area is 111 Å². The topological polar surface area (TPSA) is 37.3 Å². The second kappa shape index (κ2) is 5.23. The van der Waals surface area contributed by atoms with Gasteiger partial charge in [0.1, 0.15) is 6.33 Å². The third-order valence-corrected chi connectivity index (χ3v) is 5.04. The second-order valence-corrected chi connectivity index (χ2v) is 4.99. The molecule has 1 rings (SSSR count). The van der Waals surface area contributed by atoms with Crippen LogP contribution in [0.1, 0.15) is 5.56 Å². The molecular weight excluding hydrogens is 399 g/mol. The fourth-order valence-corrected chi connectivity index (χ4v) is 2.46. The van der Waals surface area contributed by atoms with Gasteiger partial charge in [0.05, 0.1) is 5.57 Å². The Balaban J connectivity index is 3.39. The minimum absolute atomic E-state index is 0.0722. The molecule has 0 aromatic heterocycles. The van der Waals surface area contributed by atoms with Crippen LogP contribution < -0.4 is 0 Å². The van der Waals surface area contributed by atoms with Crippen molar-refractivity contribution in [3.8, 4) is 0 Å². The number of carboxylic acids is 1. The van der Waals surface area contributed by atoms with Crippen LogP contribution in [0.4, 0.5) is 4.39 Å². The molecule has 0 spiro atoms. The summed E-state index contributed by atoms with van der Waals surface area (Å²) in [6.45, 7) is 0. The van der Waals surface area contributed by atoms with Crippen molar-refractivity contribution in [2.24, 2.45) is 0 Å². The standard InChI is InChI=1S/C9H4Br3FO2/c10-6-2-1-4(7(11)8(6)12)5(3-13)9(14)15/h1-3H,(H,14,15)/b5-3-. The average Bonchev–Trinajstić information content (AvgIpc) is 2.18. The molecule has 0 unspecified atom stereocenters. The first-order valence-electron chi connectivity index (χ1n) is 3.66. The Morgan fingerprint density at radius 1 is 1.27 bits per heavy atom. The normalized spacial score (nSPS) is 11.6. The third-order valence-electron chi connectivity index (χ3n) is 1.66. The molecule has 0 aliphatic carbocycles. The zero-order valence-corrected chi connectivity index (χ0v) is 11.9. The van der Waals surface area contributed by atoms with Crippen molar-refractivity contribution in [2.45, 2.75) is 0 Å². The van der Waals surface area contributed by atoms with Crippen LogP contribution >= 0.6 is 47.8 Å². The molecule has 1 N–H and O–H groups in total. The number of carboxylic acid groups (broad SMARTS) is 1. The first-order valence-corrected chi connectivity index (χ1v) is 6.04. The van der Waals surface area contributed by atoms with Crippen LogP contribution in [0.25, 0.3) is 5.57 Å². The van der Waals surface area contributed by atoms with Crippen LogP contribution in [0.5, 0.6) is 0 Å². The number of carbonyl (C=O) groups is 1. The van der Waals surface area contributed by atoms with Gasteiger partial charge < -0.3 is 5.11 Å². The van der Waals surface area contributed by atoms with E-state index in [-0.39, 0.29) is 11.9 Å². The van der Waals surface area contributed by atoms with E-state index in [2.05, 4.69) is 47.8 Å². The molecule has 1 aromatic rings. The lowest BCUT2D eigenvalue weighted by Crippen LogP contribution is -2.00. The highest BCUT2D eigenvalue weighted by Crippen LogP contribution is 2.36. The number of rotatable bonds is 2. The number of hydrogen-bond acceptors (Lipinski definition) is 1. The summed E-state index contributed by atoms with van der Waals surface area (Å²) in [6.07, 6.45) is 0.0722. The molecule has 15 heavy (non-hydrogen) atoms. The summed E-state index contributed by atoms with van der Waals surface area (Å²) in [5.41, 5.74) is -0.116. The molecule has 2 nitrogen and oxygen atoms in total. The maximum absolute atomic E-state index is 12.4. The van der Waals surface area contributed by atoms with Gasteiger partial charge in [-0.25, -0.2) is 9.18 Å². The molecule has 0 bridgehead atoms. The first kappa shape index (κ1) is 12.9. The number of benzene rings is 1. The quantitative estimate of drug-likeness (QED) is 0.589. The zero-order chi connectivity index (χ0) is 11.6. The van der Waals surface area contributed by atoms with Crippen LogP contribution in [-0.2, 0) is 4.79 Å². The molecule has 0 saturated carbocycles. The highest BCUT2D eigenvalue weighted by molar-refractivity contribution is 9.14. The minimum atomic E-state index is -1.31. The van der Waals surface area contributed by atoms with Crippen molar-refractivity contribution in [3.05, 3.63) is 37.4 Å². The fraction of sp³-hybridized carbons (Fsp3) is 0. The highest BCUT2D eigenvalue weighted by atomic mass is 79.9. The Hall–Kier alpha value is -0.200. The van der Waals surface area contributed by atoms with Crippen molar-refractivity contribution in [3.63, 3.8) is 0 Å². The van der Waals surface area contributed by atoms with Gasteiger partial charge in [-0.1, -0.05) is 6.07 Å². The molecule has 6 heteroatoms. The van der Waals surface area contributed by atoms with Gasteiger partial charge in [0, 0.05) is 19.0 Å². The van der Waals surface area contributed by atoms with E-state index in [1.807, 2.05) is 0 Å². The summed E-state index contributed by atoms with van der Waals surface area (Å²) in [7, 11) is 0. The largest absolute Gasteiger partial charge is 0.478 e. The van der Waals surface area contributed by atoms with Crippen LogP contribution in [-0.4, -0.2) is 11.1 Å². The Kier molecular flexibility index (Phi) is 4.48. The molecule has 80 valence electrons. The maximum Gasteiger partial charge on any atom is 0.338 e. The van der Waals surface area contributed by atoms with Gasteiger partial charge in [0.25, 0.3) is 0 Å². The summed E-state index contributed by atoms with van der Waals surface area (Å²) in [5, 5.41) is 8.76. The molecule has 0 fully saturated rings. The van der Waals surface area contributed by atoms with Crippen LogP contribution in [0.2, 0.25) is 0 Å². The van der Waals surface area contributed by atoms with E-state index < -0.39 is 11.5 Å². The van der Waals surface area contributed by atoms with Crippen molar-refractivity contribution < 1.29 is 14.3 Å². The van der Waals surface area contributed by atoms with Crippen molar-refractivity contribution in [1.82, 2.24) is 0 Å². The van der Waals surface area contributed by atoms with Gasteiger partial charge in [-0.15, -0.1) is 0 Å². The Morgan fingerprint density at radius 3 is 2.33 bits per heavy atom. The summed E-state index contributed by atoms with van der Waals surface area (Å²) in [5.74, 6) is -1.31. The van der Waals surface area contributed by atoms with E-state index in [1.165, 1.54) is 6.07 Å². The average molecular weight is 403 g/mol. The van der Waals surface area contributed by atoms with Gasteiger partial charge in [0.15, 0.2) is 0 Å². The molecule has 0 amide bonds. The first-order chi connectivity index (χ1) is 6.99. The molecule has 0 heterocycles. The lowest BCUT2D eigenvalue weighted by molar-refractivity contribution is -0.130. The Bertz CT molecular complexity index is 443. The lowest BCUT2D eigenvalue weighted by Gasteiger charge is -2.07. The number of aliphatic carboxylic acids is 1. The number of halogens is 4. The van der Waals surface area contributed by atoms with Crippen molar-refractivity contribution in [1.29, 1.82) is 0 Å². The number of hydrogen-bond donors (Lipinski definition) is 1. The van der Waals surface area contributed by atoms with Crippen molar-refractivity contribution in [2.75, 3.05) is 0 Å². The lowest BCUT2D eigenvalue weighted by atomic mass is 10.1. The summed E-state index contributed by atoms with van der Waals surface area (Å²) >= 11 is 9.68. The van der Waals surface area contributed by atoms with E-state index in [1.54, 1.807) is 6.07 Å². The van der Waals surface area contributed by atoms with E-state index >= 15 is 0 Å². The van der Waals surface area contributed by atoms with Gasteiger partial charge in [0.2, 0.25) is 0 Å². The SMILES string of the molecule is O=C(O)/C(=C\F)c1ccc(Br)c(Br)c1Br. The summed E-state index contributed by atoms with van der Waals surface area (Å²) < 4.78 is 14.3. The Morgan fingerprint density at radius 2 is 1.87 bits per heavy atom. The maximum atomic E-state index is 12.4. The predicted molar refractivity (Wildman–Crippen MR) is 66.3 cm³/mol. The minimum Gasteiger partial charge on any atom is -0.478 e. The molecule has 0 atom stereocenters. The second-order valence-electron chi connectivity index (χ2n) is 2.55. The van der Waals surface area contributed by atoms with Gasteiger partial charge in [-0.05, 0) is 53.9 Å². The molecule has 0 saturated heterocycles. The smallest absolute Gasteiger partial charge is 0.338 e. The third kappa shape index (κ3) is 2.68. The van der Waals surface area contributed by atoms with Crippen molar-refractivity contribution >= 4 is 59.3 Å². The molecule has 0 radical (unpaired) electrons. The molecule has 0 aliphatic rings. The predicted octanol–water partition coefficient (Wildman–Crippen LogP) is 4.37. The van der Waals surface area contributed by atoms with Crippen LogP contribution in [0.3, 0.4) is 0 Å². The van der Waals surface area contributed by atoms with E-state index in [4.69, 9.17) is 5.11 Å². The van der Waals surface area contributed by atoms with Crippen LogP contribution in [0, 0.1) is 0 Å². The van der Waals surface area contributed by atoms with E-state index in [0.29, 0.717) is 8.95 Å². The molecule has 0 aliphatic heterocycles. The monoisotopic (exact) mass is 400 g/mol. The van der Waals surface area contributed by atoms with E-state index in [0.717, 1.165) is 4.47 Å². The van der Waals surface area contributed by atoms with Gasteiger partial charge in [-0.2, -0.15) is 0 Å². The van der Waals surface area contributed by atoms with Gasteiger partial charge >= 0.3 is 5.97 Å². The molecular formula is C9H4Br3FO2. The fourth-order valence-electron chi connectivity index (χ4n) is 0.955. The summed E-state index contributed by atoms with van der Waals surface area (Å²) in [4.78, 5) is 10.7. The van der Waals surface area contributed by atoms with Gasteiger partial charge in [-0.3, -0.25) is 0 Å².